The van der Waals surface area contributed by atoms with E-state index in [9.17, 15) is 10.1 Å². The van der Waals surface area contributed by atoms with E-state index in [0.29, 0.717) is 5.56 Å². The summed E-state index contributed by atoms with van der Waals surface area (Å²) in [6, 6.07) is 27.4. The molecule has 0 aliphatic rings. The van der Waals surface area contributed by atoms with Crippen LogP contribution in [0.25, 0.3) is 33.0 Å². The zero-order valence-corrected chi connectivity index (χ0v) is 15.6. The van der Waals surface area contributed by atoms with Crippen molar-refractivity contribution < 1.29 is 4.92 Å². The Kier molecular flexibility index (Phi) is 4.65. The lowest BCUT2D eigenvalue weighted by molar-refractivity contribution is -0.384. The maximum atomic E-state index is 11.5. The molecule has 0 aliphatic heterocycles. The third kappa shape index (κ3) is 3.09. The van der Waals surface area contributed by atoms with Crippen LogP contribution in [0.3, 0.4) is 0 Å². The number of nitrogens with zero attached hydrogens (tertiary/aromatic N) is 1. The van der Waals surface area contributed by atoms with Crippen LogP contribution in [0.2, 0.25) is 0 Å². The Morgan fingerprint density at radius 3 is 1.81 bits per heavy atom. The van der Waals surface area contributed by atoms with E-state index in [2.05, 4.69) is 30.5 Å². The van der Waals surface area contributed by atoms with Crippen molar-refractivity contribution in [3.05, 3.63) is 95.0 Å². The second-order valence-electron chi connectivity index (χ2n) is 6.18. The van der Waals surface area contributed by atoms with Crippen molar-refractivity contribution >= 4 is 28.2 Å². The normalized spacial score (nSPS) is 10.9. The van der Waals surface area contributed by atoms with Gasteiger partial charge in [-0.1, -0.05) is 66.7 Å². The molecule has 0 saturated heterocycles. The lowest BCUT2D eigenvalue weighted by atomic mass is 9.92. The van der Waals surface area contributed by atoms with Gasteiger partial charge in [0.25, 0.3) is 5.69 Å². The van der Waals surface area contributed by atoms with Crippen molar-refractivity contribution in [3.63, 3.8) is 0 Å². The molecule has 0 atom stereocenters. The first kappa shape index (κ1) is 17.3. The molecule has 3 nitrogen and oxygen atoms in total. The molecule has 0 unspecified atom stereocenters. The van der Waals surface area contributed by atoms with Crippen LogP contribution < -0.4 is 0 Å². The van der Waals surface area contributed by atoms with Crippen molar-refractivity contribution in [1.29, 1.82) is 0 Å². The van der Waals surface area contributed by atoms with Crippen LogP contribution in [0, 0.1) is 10.1 Å². The summed E-state index contributed by atoms with van der Waals surface area (Å²) in [5.74, 6) is 0. The Hall–Kier alpha value is -3.11. The number of hydrogen-bond donors (Lipinski definition) is 0. The average Bonchev–Trinajstić information content (AvgIpc) is 2.72. The fourth-order valence-electron chi connectivity index (χ4n) is 3.51. The molecule has 0 N–H and O–H groups in total. The molecule has 0 saturated carbocycles. The van der Waals surface area contributed by atoms with E-state index in [1.165, 1.54) is 10.5 Å². The van der Waals surface area contributed by atoms with Gasteiger partial charge in [-0.15, -0.1) is 11.8 Å². The van der Waals surface area contributed by atoms with E-state index in [4.69, 9.17) is 0 Å². The third-order valence-corrected chi connectivity index (χ3v) is 5.51. The molecular weight excluding hydrogens is 354 g/mol. The van der Waals surface area contributed by atoms with Gasteiger partial charge in [0.2, 0.25) is 0 Å². The van der Waals surface area contributed by atoms with Crippen molar-refractivity contribution in [2.45, 2.75) is 4.90 Å². The van der Waals surface area contributed by atoms with Gasteiger partial charge < -0.3 is 0 Å². The zero-order valence-electron chi connectivity index (χ0n) is 14.8. The summed E-state index contributed by atoms with van der Waals surface area (Å²) in [5.41, 5.74) is 3.96. The third-order valence-electron chi connectivity index (χ3n) is 4.71. The lowest BCUT2D eigenvalue weighted by Gasteiger charge is -2.13. The SMILES string of the molecule is CSc1ccccc1-c1cccc2c(-c3ccccc3[N+](=O)[O-])cccc12. The second-order valence-corrected chi connectivity index (χ2v) is 7.03. The van der Waals surface area contributed by atoms with Crippen molar-refractivity contribution in [3.8, 4) is 22.3 Å². The highest BCUT2D eigenvalue weighted by atomic mass is 32.2. The summed E-state index contributed by atoms with van der Waals surface area (Å²) < 4.78 is 0. The van der Waals surface area contributed by atoms with Crippen LogP contribution in [-0.4, -0.2) is 11.2 Å². The number of thioether (sulfide) groups is 1. The molecule has 0 spiro atoms. The first-order valence-corrected chi connectivity index (χ1v) is 9.82. The summed E-state index contributed by atoms with van der Waals surface area (Å²) >= 11 is 1.72. The topological polar surface area (TPSA) is 43.1 Å². The fraction of sp³-hybridized carbons (Fsp3) is 0.0435. The Bertz CT molecular complexity index is 1150. The number of hydrogen-bond acceptors (Lipinski definition) is 3. The maximum absolute atomic E-state index is 11.5. The Balaban J connectivity index is 2.01. The Morgan fingerprint density at radius 1 is 0.667 bits per heavy atom. The molecule has 0 radical (unpaired) electrons. The smallest absolute Gasteiger partial charge is 0.258 e. The molecule has 4 rings (SSSR count). The summed E-state index contributed by atoms with van der Waals surface area (Å²) in [5, 5.41) is 13.6. The van der Waals surface area contributed by atoms with Crippen molar-refractivity contribution in [1.82, 2.24) is 0 Å². The van der Waals surface area contributed by atoms with Crippen molar-refractivity contribution in [2.24, 2.45) is 0 Å². The monoisotopic (exact) mass is 371 g/mol. The molecule has 4 heteroatoms. The van der Waals surface area contributed by atoms with Crippen LogP contribution in [0.5, 0.6) is 0 Å². The zero-order chi connectivity index (χ0) is 18.8. The number of nitro benzene ring substituents is 1. The molecule has 132 valence electrons. The summed E-state index contributed by atoms with van der Waals surface area (Å²) in [6.45, 7) is 0. The minimum Gasteiger partial charge on any atom is -0.258 e. The molecule has 4 aromatic rings. The van der Waals surface area contributed by atoms with E-state index < -0.39 is 0 Å². The highest BCUT2D eigenvalue weighted by Gasteiger charge is 2.17. The van der Waals surface area contributed by atoms with Gasteiger partial charge in [-0.25, -0.2) is 0 Å². The van der Waals surface area contributed by atoms with Gasteiger partial charge in [-0.2, -0.15) is 0 Å². The Morgan fingerprint density at radius 2 is 1.19 bits per heavy atom. The molecule has 0 aromatic heterocycles. The van der Waals surface area contributed by atoms with Crippen molar-refractivity contribution in [2.75, 3.05) is 6.26 Å². The van der Waals surface area contributed by atoms with Crippen LogP contribution in [0.4, 0.5) is 5.69 Å². The highest BCUT2D eigenvalue weighted by Crippen LogP contribution is 2.39. The lowest BCUT2D eigenvalue weighted by Crippen LogP contribution is -1.92. The van der Waals surface area contributed by atoms with E-state index in [1.54, 1.807) is 23.9 Å². The van der Waals surface area contributed by atoms with Crippen LogP contribution in [-0.2, 0) is 0 Å². The fourth-order valence-corrected chi connectivity index (χ4v) is 4.12. The van der Waals surface area contributed by atoms with E-state index in [-0.39, 0.29) is 10.6 Å². The number of nitro groups is 1. The van der Waals surface area contributed by atoms with E-state index in [1.807, 2.05) is 48.5 Å². The quantitative estimate of drug-likeness (QED) is 0.225. The first-order chi connectivity index (χ1) is 13.2. The number of para-hydroxylation sites is 1. The number of fused-ring (bicyclic) bond motifs is 1. The van der Waals surface area contributed by atoms with E-state index >= 15 is 0 Å². The highest BCUT2D eigenvalue weighted by molar-refractivity contribution is 7.98. The number of rotatable bonds is 4. The minimum absolute atomic E-state index is 0.125. The van der Waals surface area contributed by atoms with Gasteiger partial charge in [0.1, 0.15) is 0 Å². The standard InChI is InChI=1S/C23H17NO2S/c1-27-23-15-5-3-9-21(23)19-13-7-10-16-17(19)11-6-12-18(16)20-8-2-4-14-22(20)24(25)26/h2-15H,1H3. The number of benzene rings is 4. The predicted molar refractivity (Wildman–Crippen MR) is 113 cm³/mol. The summed E-state index contributed by atoms with van der Waals surface area (Å²) in [4.78, 5) is 12.4. The molecule has 0 aliphatic carbocycles. The molecule has 0 heterocycles. The Labute approximate surface area is 161 Å². The molecule has 0 amide bonds. The van der Waals surface area contributed by atoms with Crippen LogP contribution >= 0.6 is 11.8 Å². The predicted octanol–water partition coefficient (Wildman–Crippen LogP) is 6.80. The average molecular weight is 371 g/mol. The molecule has 27 heavy (non-hydrogen) atoms. The largest absolute Gasteiger partial charge is 0.277 e. The van der Waals surface area contributed by atoms with E-state index in [0.717, 1.165) is 21.9 Å². The second kappa shape index (κ2) is 7.25. The maximum Gasteiger partial charge on any atom is 0.277 e. The first-order valence-electron chi connectivity index (χ1n) is 8.59. The molecule has 0 fully saturated rings. The summed E-state index contributed by atoms with van der Waals surface area (Å²) in [7, 11) is 0. The van der Waals surface area contributed by atoms with Gasteiger partial charge >= 0.3 is 0 Å². The van der Waals surface area contributed by atoms with Gasteiger partial charge in [0.15, 0.2) is 0 Å². The summed E-state index contributed by atoms with van der Waals surface area (Å²) in [6.07, 6.45) is 2.07. The molecular formula is C23H17NO2S. The van der Waals surface area contributed by atoms with Crippen LogP contribution in [0.15, 0.2) is 89.8 Å². The van der Waals surface area contributed by atoms with Gasteiger partial charge in [0.05, 0.1) is 10.5 Å². The van der Waals surface area contributed by atoms with Crippen LogP contribution in [0.1, 0.15) is 0 Å². The molecule has 0 bridgehead atoms. The minimum atomic E-state index is -0.318. The van der Waals surface area contributed by atoms with Gasteiger partial charge in [-0.05, 0) is 45.9 Å². The van der Waals surface area contributed by atoms with Gasteiger partial charge in [-0.3, -0.25) is 10.1 Å². The molecule has 4 aromatic carbocycles. The van der Waals surface area contributed by atoms with Gasteiger partial charge in [0, 0.05) is 11.0 Å².